The van der Waals surface area contributed by atoms with Gasteiger partial charge in [0, 0.05) is 36.7 Å². The van der Waals surface area contributed by atoms with Gasteiger partial charge in [0.05, 0.1) is 17.8 Å². The second kappa shape index (κ2) is 9.03. The van der Waals surface area contributed by atoms with E-state index in [4.69, 9.17) is 0 Å². The molecule has 0 aliphatic heterocycles. The second-order valence-electron chi connectivity index (χ2n) is 7.87. The van der Waals surface area contributed by atoms with E-state index in [1.165, 1.54) is 27.6 Å². The predicted molar refractivity (Wildman–Crippen MR) is 121 cm³/mol. The number of para-hydroxylation sites is 2. The molecule has 1 heterocycles. The van der Waals surface area contributed by atoms with E-state index in [9.17, 15) is 9.90 Å². The number of hydrogen-bond acceptors (Lipinski definition) is 3. The lowest BCUT2D eigenvalue weighted by Crippen LogP contribution is -2.23. The number of aliphatic carboxylic acids is 1. The summed E-state index contributed by atoms with van der Waals surface area (Å²) in [4.78, 5) is 11.2. The number of nitrogens with one attached hydrogen (secondary N) is 2. The van der Waals surface area contributed by atoms with Crippen LogP contribution in [0.15, 0.2) is 42.6 Å². The predicted octanol–water partition coefficient (Wildman–Crippen LogP) is 5.46. The van der Waals surface area contributed by atoms with Crippen LogP contribution in [0.3, 0.4) is 0 Å². The van der Waals surface area contributed by atoms with Crippen LogP contribution in [0.2, 0.25) is 0 Å². The Balaban J connectivity index is 1.82. The zero-order chi connectivity index (χ0) is 21.0. The highest BCUT2D eigenvalue weighted by molar-refractivity contribution is 5.88. The molecule has 0 aliphatic carbocycles. The summed E-state index contributed by atoms with van der Waals surface area (Å²) >= 11 is 0. The number of carboxylic acids is 1. The van der Waals surface area contributed by atoms with Crippen LogP contribution in [0.25, 0.3) is 10.9 Å². The second-order valence-corrected chi connectivity index (χ2v) is 7.87. The molecular formula is C24H31N3O2. The zero-order valence-electron chi connectivity index (χ0n) is 17.7. The topological polar surface area (TPSA) is 66.3 Å². The Kier molecular flexibility index (Phi) is 6.47. The number of nitrogens with zero attached hydrogens (tertiary/aromatic N) is 1. The molecule has 0 spiro atoms. The van der Waals surface area contributed by atoms with Crippen molar-refractivity contribution in [2.45, 2.75) is 52.6 Å². The van der Waals surface area contributed by atoms with Gasteiger partial charge in [0.1, 0.15) is 0 Å². The summed E-state index contributed by atoms with van der Waals surface area (Å²) in [5.74, 6) is -0.775. The largest absolute Gasteiger partial charge is 0.481 e. The van der Waals surface area contributed by atoms with Crippen molar-refractivity contribution in [3.8, 4) is 0 Å². The van der Waals surface area contributed by atoms with Crippen LogP contribution in [-0.4, -0.2) is 21.7 Å². The molecule has 0 aliphatic rings. The Bertz CT molecular complexity index is 1010. The Morgan fingerprint density at radius 2 is 1.90 bits per heavy atom. The summed E-state index contributed by atoms with van der Waals surface area (Å²) in [6, 6.07) is 12.4. The molecular weight excluding hydrogens is 362 g/mol. The van der Waals surface area contributed by atoms with E-state index in [1.807, 2.05) is 24.3 Å². The minimum absolute atomic E-state index is 0.0803. The van der Waals surface area contributed by atoms with E-state index in [1.54, 1.807) is 0 Å². The van der Waals surface area contributed by atoms with Crippen molar-refractivity contribution >= 4 is 28.2 Å². The number of carbonyl (C=O) groups is 1. The first-order chi connectivity index (χ1) is 13.9. The molecule has 5 heteroatoms. The average molecular weight is 394 g/mol. The lowest BCUT2D eigenvalue weighted by atomic mass is 10.0. The SMILES string of the molecule is CCCC(CC(=O)O)Nc1ccccc1NCc1cn(C)c2cc(C)cc(C)c12. The van der Waals surface area contributed by atoms with Crippen molar-refractivity contribution in [2.24, 2.45) is 7.05 Å². The standard InChI is InChI=1S/C24H31N3O2/c1-5-8-19(13-23(28)29)26-21-10-7-6-9-20(21)25-14-18-15-27(4)22-12-16(2)11-17(3)24(18)22/h6-7,9-12,15,19,25-26H,5,8,13-14H2,1-4H3,(H,28,29). The van der Waals surface area contributed by atoms with E-state index < -0.39 is 5.97 Å². The number of aromatic nitrogens is 1. The average Bonchev–Trinajstić information content (AvgIpc) is 2.96. The molecule has 3 N–H and O–H groups in total. The first kappa shape index (κ1) is 20.8. The van der Waals surface area contributed by atoms with Crippen molar-refractivity contribution in [3.63, 3.8) is 0 Å². The van der Waals surface area contributed by atoms with Gasteiger partial charge in [-0.1, -0.05) is 31.5 Å². The molecule has 1 unspecified atom stereocenters. The van der Waals surface area contributed by atoms with Crippen LogP contribution in [0, 0.1) is 13.8 Å². The van der Waals surface area contributed by atoms with E-state index >= 15 is 0 Å². The maximum absolute atomic E-state index is 11.2. The van der Waals surface area contributed by atoms with Crippen molar-refractivity contribution < 1.29 is 9.90 Å². The highest BCUT2D eigenvalue weighted by atomic mass is 16.4. The molecule has 0 saturated carbocycles. The molecule has 0 amide bonds. The molecule has 0 fully saturated rings. The summed E-state index contributed by atoms with van der Waals surface area (Å²) in [5.41, 5.74) is 6.99. The fourth-order valence-electron chi connectivity index (χ4n) is 4.10. The van der Waals surface area contributed by atoms with Crippen LogP contribution in [0.1, 0.15) is 42.9 Å². The Labute approximate surface area is 172 Å². The Hall–Kier alpha value is -2.95. The third-order valence-corrected chi connectivity index (χ3v) is 5.32. The normalized spacial score (nSPS) is 12.1. The van der Waals surface area contributed by atoms with Gasteiger partial charge in [0.25, 0.3) is 0 Å². The maximum atomic E-state index is 11.2. The van der Waals surface area contributed by atoms with Crippen LogP contribution < -0.4 is 10.6 Å². The Morgan fingerprint density at radius 1 is 1.17 bits per heavy atom. The number of fused-ring (bicyclic) bond motifs is 1. The van der Waals surface area contributed by atoms with Crippen LogP contribution in [0.5, 0.6) is 0 Å². The molecule has 3 aromatic rings. The van der Waals surface area contributed by atoms with Gasteiger partial charge >= 0.3 is 5.97 Å². The number of benzene rings is 2. The van der Waals surface area contributed by atoms with Crippen molar-refractivity contribution in [3.05, 3.63) is 59.3 Å². The minimum atomic E-state index is -0.775. The van der Waals surface area contributed by atoms with Crippen LogP contribution in [0.4, 0.5) is 11.4 Å². The van der Waals surface area contributed by atoms with Gasteiger partial charge in [-0.05, 0) is 55.2 Å². The van der Waals surface area contributed by atoms with Gasteiger partial charge in [0.2, 0.25) is 0 Å². The van der Waals surface area contributed by atoms with Crippen molar-refractivity contribution in [1.82, 2.24) is 4.57 Å². The fraction of sp³-hybridized carbons (Fsp3) is 0.375. The zero-order valence-corrected chi connectivity index (χ0v) is 17.7. The quantitative estimate of drug-likeness (QED) is 0.451. The summed E-state index contributed by atoms with van der Waals surface area (Å²) in [6.07, 6.45) is 4.06. The molecule has 1 aromatic heterocycles. The van der Waals surface area contributed by atoms with Crippen LogP contribution in [-0.2, 0) is 18.4 Å². The summed E-state index contributed by atoms with van der Waals surface area (Å²) in [5, 5.41) is 17.5. The number of anilines is 2. The smallest absolute Gasteiger partial charge is 0.305 e. The van der Waals surface area contributed by atoms with Gasteiger partial charge in [-0.3, -0.25) is 4.79 Å². The van der Waals surface area contributed by atoms with E-state index in [2.05, 4.69) is 61.3 Å². The van der Waals surface area contributed by atoms with Crippen LogP contribution >= 0.6 is 0 Å². The van der Waals surface area contributed by atoms with E-state index in [0.29, 0.717) is 6.54 Å². The van der Waals surface area contributed by atoms with Gasteiger partial charge in [-0.25, -0.2) is 0 Å². The van der Waals surface area contributed by atoms with Gasteiger partial charge < -0.3 is 20.3 Å². The number of hydrogen-bond donors (Lipinski definition) is 3. The molecule has 154 valence electrons. The van der Waals surface area contributed by atoms with E-state index in [-0.39, 0.29) is 12.5 Å². The molecule has 0 bridgehead atoms. The van der Waals surface area contributed by atoms with Gasteiger partial charge in [-0.2, -0.15) is 0 Å². The fourth-order valence-corrected chi connectivity index (χ4v) is 4.10. The molecule has 3 rings (SSSR count). The molecule has 2 aromatic carbocycles. The summed E-state index contributed by atoms with van der Waals surface area (Å²) < 4.78 is 2.18. The van der Waals surface area contributed by atoms with E-state index in [0.717, 1.165) is 24.2 Å². The molecule has 29 heavy (non-hydrogen) atoms. The van der Waals surface area contributed by atoms with Crippen molar-refractivity contribution in [2.75, 3.05) is 10.6 Å². The summed E-state index contributed by atoms with van der Waals surface area (Å²) in [7, 11) is 2.08. The lowest BCUT2D eigenvalue weighted by molar-refractivity contribution is -0.137. The Morgan fingerprint density at radius 3 is 2.59 bits per heavy atom. The number of rotatable bonds is 9. The number of aryl methyl sites for hydroxylation is 3. The monoisotopic (exact) mass is 393 g/mol. The molecule has 5 nitrogen and oxygen atoms in total. The van der Waals surface area contributed by atoms with Gasteiger partial charge in [0.15, 0.2) is 0 Å². The molecule has 0 radical (unpaired) electrons. The highest BCUT2D eigenvalue weighted by Crippen LogP contribution is 2.28. The van der Waals surface area contributed by atoms with Gasteiger partial charge in [-0.15, -0.1) is 0 Å². The third kappa shape index (κ3) is 4.91. The first-order valence-electron chi connectivity index (χ1n) is 10.3. The molecule has 1 atom stereocenters. The first-order valence-corrected chi connectivity index (χ1v) is 10.3. The third-order valence-electron chi connectivity index (χ3n) is 5.32. The summed E-state index contributed by atoms with van der Waals surface area (Å²) in [6.45, 7) is 7.07. The highest BCUT2D eigenvalue weighted by Gasteiger charge is 2.15. The molecule has 0 saturated heterocycles. The number of carboxylic acid groups (broad SMARTS) is 1. The minimum Gasteiger partial charge on any atom is -0.481 e. The lowest BCUT2D eigenvalue weighted by Gasteiger charge is -2.20. The maximum Gasteiger partial charge on any atom is 0.305 e. The van der Waals surface area contributed by atoms with Crippen molar-refractivity contribution in [1.29, 1.82) is 0 Å².